The number of amides is 1. The van der Waals surface area contributed by atoms with E-state index in [1.165, 1.54) is 11.0 Å². The van der Waals surface area contributed by atoms with Crippen molar-refractivity contribution in [3.05, 3.63) is 53.7 Å². The fourth-order valence-electron chi connectivity index (χ4n) is 2.56. The fraction of sp³-hybridized carbons (Fsp3) is 0.158. The van der Waals surface area contributed by atoms with Gasteiger partial charge in [-0.25, -0.2) is 0 Å². The molecule has 1 aliphatic heterocycles. The van der Waals surface area contributed by atoms with Crippen molar-refractivity contribution >= 4 is 35.0 Å². The summed E-state index contributed by atoms with van der Waals surface area (Å²) in [6.45, 7) is 2.26. The van der Waals surface area contributed by atoms with Gasteiger partial charge in [0.2, 0.25) is 0 Å². The SMILES string of the molecule is CCOc1cc(/C=C2/NC(=S)N(c3ccc(OC)cc3)C2=O)ccc1O. The van der Waals surface area contributed by atoms with E-state index in [-0.39, 0.29) is 11.7 Å². The lowest BCUT2D eigenvalue weighted by molar-refractivity contribution is -0.113. The van der Waals surface area contributed by atoms with Crippen molar-refractivity contribution in [1.82, 2.24) is 5.32 Å². The molecule has 26 heavy (non-hydrogen) atoms. The Morgan fingerprint density at radius 3 is 2.62 bits per heavy atom. The summed E-state index contributed by atoms with van der Waals surface area (Å²) in [7, 11) is 1.58. The van der Waals surface area contributed by atoms with E-state index in [9.17, 15) is 9.90 Å². The van der Waals surface area contributed by atoms with Gasteiger partial charge < -0.3 is 19.9 Å². The Morgan fingerprint density at radius 1 is 1.23 bits per heavy atom. The number of aromatic hydroxyl groups is 1. The molecule has 0 bridgehead atoms. The third kappa shape index (κ3) is 3.48. The molecule has 1 fully saturated rings. The first-order valence-corrected chi connectivity index (χ1v) is 8.41. The molecular weight excluding hydrogens is 352 g/mol. The summed E-state index contributed by atoms with van der Waals surface area (Å²) in [5.74, 6) is 0.853. The standard InChI is InChI=1S/C19H18N2O4S/c1-3-25-17-11-12(4-9-16(17)22)10-15-18(23)21(19(26)20-15)13-5-7-14(24-2)8-6-13/h4-11,22H,3H2,1-2H3,(H,20,26)/b15-10+. The number of nitrogens with one attached hydrogen (secondary N) is 1. The van der Waals surface area contributed by atoms with Gasteiger partial charge in [-0.3, -0.25) is 9.69 Å². The molecule has 0 unspecified atom stereocenters. The average molecular weight is 370 g/mol. The highest BCUT2D eigenvalue weighted by atomic mass is 32.1. The molecule has 2 aromatic rings. The van der Waals surface area contributed by atoms with Crippen molar-refractivity contribution in [1.29, 1.82) is 0 Å². The number of hydrogen-bond acceptors (Lipinski definition) is 5. The van der Waals surface area contributed by atoms with Crippen LogP contribution in [-0.4, -0.2) is 29.8 Å². The highest BCUT2D eigenvalue weighted by Crippen LogP contribution is 2.29. The maximum Gasteiger partial charge on any atom is 0.281 e. The predicted molar refractivity (Wildman–Crippen MR) is 103 cm³/mol. The molecule has 0 aromatic heterocycles. The van der Waals surface area contributed by atoms with Crippen LogP contribution in [0.4, 0.5) is 5.69 Å². The van der Waals surface area contributed by atoms with E-state index < -0.39 is 0 Å². The summed E-state index contributed by atoms with van der Waals surface area (Å²) >= 11 is 5.30. The highest BCUT2D eigenvalue weighted by molar-refractivity contribution is 7.80. The van der Waals surface area contributed by atoms with Crippen molar-refractivity contribution < 1.29 is 19.4 Å². The summed E-state index contributed by atoms with van der Waals surface area (Å²) in [4.78, 5) is 14.2. The van der Waals surface area contributed by atoms with Crippen molar-refractivity contribution in [3.8, 4) is 17.2 Å². The van der Waals surface area contributed by atoms with Gasteiger partial charge >= 0.3 is 0 Å². The minimum Gasteiger partial charge on any atom is -0.504 e. The number of methoxy groups -OCH3 is 1. The van der Waals surface area contributed by atoms with Crippen LogP contribution < -0.4 is 19.7 Å². The van der Waals surface area contributed by atoms with Gasteiger partial charge in [-0.15, -0.1) is 0 Å². The molecule has 0 aliphatic carbocycles. The lowest BCUT2D eigenvalue weighted by Crippen LogP contribution is -2.30. The van der Waals surface area contributed by atoms with E-state index in [2.05, 4.69) is 5.32 Å². The zero-order chi connectivity index (χ0) is 18.7. The molecule has 7 heteroatoms. The molecule has 0 saturated carbocycles. The number of anilines is 1. The van der Waals surface area contributed by atoms with Crippen molar-refractivity contribution in [2.45, 2.75) is 6.92 Å². The van der Waals surface area contributed by atoms with Gasteiger partial charge in [0.05, 0.1) is 19.4 Å². The number of nitrogens with zero attached hydrogens (tertiary/aromatic N) is 1. The Morgan fingerprint density at radius 2 is 1.96 bits per heavy atom. The fourth-order valence-corrected chi connectivity index (χ4v) is 2.86. The monoisotopic (exact) mass is 370 g/mol. The second-order valence-corrected chi connectivity index (χ2v) is 5.87. The van der Waals surface area contributed by atoms with Gasteiger partial charge in [-0.2, -0.15) is 0 Å². The van der Waals surface area contributed by atoms with Crippen LogP contribution in [0.1, 0.15) is 12.5 Å². The zero-order valence-electron chi connectivity index (χ0n) is 14.4. The molecule has 0 radical (unpaired) electrons. The quantitative estimate of drug-likeness (QED) is 0.623. The van der Waals surface area contributed by atoms with E-state index in [1.807, 2.05) is 6.92 Å². The maximum absolute atomic E-state index is 12.7. The van der Waals surface area contributed by atoms with Crippen LogP contribution >= 0.6 is 12.2 Å². The molecule has 0 spiro atoms. The summed E-state index contributed by atoms with van der Waals surface area (Å²) in [6, 6.07) is 11.9. The summed E-state index contributed by atoms with van der Waals surface area (Å²) in [5, 5.41) is 13.0. The van der Waals surface area contributed by atoms with Crippen LogP contribution in [0, 0.1) is 0 Å². The van der Waals surface area contributed by atoms with Crippen LogP contribution in [0.25, 0.3) is 6.08 Å². The maximum atomic E-state index is 12.7. The van der Waals surface area contributed by atoms with E-state index in [0.29, 0.717) is 40.2 Å². The van der Waals surface area contributed by atoms with Gasteiger partial charge in [0.15, 0.2) is 16.6 Å². The predicted octanol–water partition coefficient (Wildman–Crippen LogP) is 3.06. The summed E-state index contributed by atoms with van der Waals surface area (Å²) in [5.41, 5.74) is 1.71. The molecule has 0 atom stereocenters. The van der Waals surface area contributed by atoms with Gasteiger partial charge in [0.1, 0.15) is 11.4 Å². The first-order chi connectivity index (χ1) is 12.5. The van der Waals surface area contributed by atoms with Gasteiger partial charge in [-0.1, -0.05) is 6.07 Å². The molecule has 1 amide bonds. The van der Waals surface area contributed by atoms with E-state index >= 15 is 0 Å². The molecule has 1 saturated heterocycles. The van der Waals surface area contributed by atoms with Crippen LogP contribution in [0.2, 0.25) is 0 Å². The van der Waals surface area contributed by atoms with Gasteiger partial charge in [-0.05, 0) is 67.2 Å². The number of carbonyl (C=O) groups is 1. The van der Waals surface area contributed by atoms with Crippen molar-refractivity contribution in [2.24, 2.45) is 0 Å². The number of benzene rings is 2. The lowest BCUT2D eigenvalue weighted by atomic mass is 10.1. The minimum atomic E-state index is -0.258. The molecule has 1 aliphatic rings. The third-order valence-electron chi connectivity index (χ3n) is 3.80. The number of phenols is 1. The molecule has 2 N–H and O–H groups in total. The number of ether oxygens (including phenoxy) is 2. The first kappa shape index (κ1) is 17.8. The Labute approximate surface area is 156 Å². The van der Waals surface area contributed by atoms with Crippen LogP contribution in [0.5, 0.6) is 17.2 Å². The molecule has 2 aromatic carbocycles. The Hall–Kier alpha value is -3.06. The third-order valence-corrected chi connectivity index (χ3v) is 4.09. The normalized spacial score (nSPS) is 15.3. The van der Waals surface area contributed by atoms with E-state index in [0.717, 1.165) is 0 Å². The number of phenolic OH excluding ortho intramolecular Hbond substituents is 1. The number of thiocarbonyl (C=S) groups is 1. The van der Waals surface area contributed by atoms with E-state index in [1.54, 1.807) is 49.6 Å². The van der Waals surface area contributed by atoms with Crippen molar-refractivity contribution in [2.75, 3.05) is 18.6 Å². The average Bonchev–Trinajstić information content (AvgIpc) is 2.92. The Balaban J connectivity index is 1.88. The molecule has 1 heterocycles. The van der Waals surface area contributed by atoms with Crippen molar-refractivity contribution in [3.63, 3.8) is 0 Å². The smallest absolute Gasteiger partial charge is 0.281 e. The second kappa shape index (κ2) is 7.45. The lowest BCUT2D eigenvalue weighted by Gasteiger charge is -2.14. The molecule has 6 nitrogen and oxygen atoms in total. The topological polar surface area (TPSA) is 71.0 Å². The summed E-state index contributed by atoms with van der Waals surface area (Å²) < 4.78 is 10.5. The number of carbonyl (C=O) groups excluding carboxylic acids is 1. The number of rotatable bonds is 5. The Bertz CT molecular complexity index is 878. The highest BCUT2D eigenvalue weighted by Gasteiger charge is 2.31. The number of hydrogen-bond donors (Lipinski definition) is 2. The largest absolute Gasteiger partial charge is 0.504 e. The van der Waals surface area contributed by atoms with E-state index in [4.69, 9.17) is 21.7 Å². The zero-order valence-corrected chi connectivity index (χ0v) is 15.2. The van der Waals surface area contributed by atoms with Crippen LogP contribution in [0.15, 0.2) is 48.2 Å². The molecular formula is C19H18N2O4S. The first-order valence-electron chi connectivity index (χ1n) is 8.00. The van der Waals surface area contributed by atoms with Gasteiger partial charge in [0, 0.05) is 0 Å². The summed E-state index contributed by atoms with van der Waals surface area (Å²) in [6.07, 6.45) is 1.67. The molecule has 134 valence electrons. The Kier molecular flexibility index (Phi) is 5.09. The van der Waals surface area contributed by atoms with Crippen LogP contribution in [-0.2, 0) is 4.79 Å². The second-order valence-electron chi connectivity index (χ2n) is 5.49. The molecule has 3 rings (SSSR count). The van der Waals surface area contributed by atoms with Crippen LogP contribution in [0.3, 0.4) is 0 Å². The minimum absolute atomic E-state index is 0.0510. The van der Waals surface area contributed by atoms with Gasteiger partial charge in [0.25, 0.3) is 5.91 Å².